The molecule has 1 fully saturated rings. The van der Waals surface area contributed by atoms with Gasteiger partial charge < -0.3 is 15.3 Å². The Hall–Kier alpha value is -1.59. The van der Waals surface area contributed by atoms with Crippen LogP contribution in [-0.4, -0.2) is 47.4 Å². The summed E-state index contributed by atoms with van der Waals surface area (Å²) in [5.74, 6) is -1.26. The molecule has 0 spiro atoms. The quantitative estimate of drug-likeness (QED) is 0.766. The zero-order valence-electron chi connectivity index (χ0n) is 11.6. The minimum absolute atomic E-state index is 0.00476. The average Bonchev–Trinajstić information content (AvgIpc) is 2.52. The molecule has 2 N–H and O–H groups in total. The molecule has 0 atom stereocenters. The predicted molar refractivity (Wildman–Crippen MR) is 69.5 cm³/mol. The smallest absolute Gasteiger partial charge is 0.310 e. The molecule has 1 heterocycles. The van der Waals surface area contributed by atoms with Gasteiger partial charge >= 0.3 is 5.97 Å². The number of nitrogens with zero attached hydrogens (tertiary/aromatic N) is 1. The molecular formula is C13H22N2O4. The molecule has 0 aromatic rings. The highest BCUT2D eigenvalue weighted by Crippen LogP contribution is 2.13. The van der Waals surface area contributed by atoms with Crippen LogP contribution in [0.3, 0.4) is 0 Å². The molecule has 108 valence electrons. The van der Waals surface area contributed by atoms with Gasteiger partial charge in [-0.1, -0.05) is 6.42 Å². The molecule has 0 radical (unpaired) electrons. The van der Waals surface area contributed by atoms with E-state index in [1.165, 1.54) is 0 Å². The van der Waals surface area contributed by atoms with E-state index in [1.807, 2.05) is 0 Å². The lowest BCUT2D eigenvalue weighted by molar-refractivity contribution is -0.147. The van der Waals surface area contributed by atoms with Crippen LogP contribution in [-0.2, 0) is 14.4 Å². The predicted octanol–water partition coefficient (Wildman–Crippen LogP) is 0.616. The molecule has 2 amide bonds. The summed E-state index contributed by atoms with van der Waals surface area (Å²) in [6.07, 6.45) is 3.30. The van der Waals surface area contributed by atoms with Crippen LogP contribution >= 0.6 is 0 Å². The summed E-state index contributed by atoms with van der Waals surface area (Å²) in [5, 5.41) is 11.5. The average molecular weight is 270 g/mol. The highest BCUT2D eigenvalue weighted by Gasteiger charge is 2.28. The molecule has 1 saturated heterocycles. The first-order valence-corrected chi connectivity index (χ1v) is 6.61. The number of nitrogens with one attached hydrogen (secondary N) is 1. The second-order valence-electron chi connectivity index (χ2n) is 5.59. The molecule has 1 aliphatic rings. The van der Waals surface area contributed by atoms with Crippen molar-refractivity contribution in [2.24, 2.45) is 5.41 Å². The third-order valence-corrected chi connectivity index (χ3v) is 3.31. The summed E-state index contributed by atoms with van der Waals surface area (Å²) >= 11 is 0. The Balaban J connectivity index is 2.42. The standard InChI is InChI=1S/C13H22N2O4/c1-13(2,12(18)19)9-14-10(16)8-15-7-5-3-4-6-11(15)17/h3-9H2,1-2H3,(H,14,16)(H,18,19). The monoisotopic (exact) mass is 270 g/mol. The van der Waals surface area contributed by atoms with E-state index in [0.717, 1.165) is 19.3 Å². The molecular weight excluding hydrogens is 248 g/mol. The number of hydrogen-bond donors (Lipinski definition) is 2. The lowest BCUT2D eigenvalue weighted by Crippen LogP contribution is -2.44. The van der Waals surface area contributed by atoms with Gasteiger partial charge in [-0.2, -0.15) is 0 Å². The Bertz CT molecular complexity index is 366. The van der Waals surface area contributed by atoms with E-state index in [4.69, 9.17) is 5.11 Å². The number of likely N-dealkylation sites (tertiary alicyclic amines) is 1. The molecule has 0 unspecified atom stereocenters. The van der Waals surface area contributed by atoms with Crippen molar-refractivity contribution in [3.63, 3.8) is 0 Å². The molecule has 0 bridgehead atoms. The van der Waals surface area contributed by atoms with E-state index in [9.17, 15) is 14.4 Å². The number of carboxylic acids is 1. The zero-order chi connectivity index (χ0) is 14.5. The van der Waals surface area contributed by atoms with Crippen LogP contribution in [0.25, 0.3) is 0 Å². The van der Waals surface area contributed by atoms with Crippen LogP contribution in [0.15, 0.2) is 0 Å². The molecule has 19 heavy (non-hydrogen) atoms. The van der Waals surface area contributed by atoms with Gasteiger partial charge in [0.05, 0.1) is 12.0 Å². The van der Waals surface area contributed by atoms with Gasteiger partial charge in [0.2, 0.25) is 11.8 Å². The Morgan fingerprint density at radius 3 is 2.63 bits per heavy atom. The highest BCUT2D eigenvalue weighted by molar-refractivity contribution is 5.85. The lowest BCUT2D eigenvalue weighted by Gasteiger charge is -2.23. The van der Waals surface area contributed by atoms with Gasteiger partial charge in [-0.15, -0.1) is 0 Å². The van der Waals surface area contributed by atoms with Crippen molar-refractivity contribution in [3.05, 3.63) is 0 Å². The number of rotatable bonds is 5. The summed E-state index contributed by atoms with van der Waals surface area (Å²) in [5.41, 5.74) is -1.00. The summed E-state index contributed by atoms with van der Waals surface area (Å²) in [4.78, 5) is 35.9. The summed E-state index contributed by atoms with van der Waals surface area (Å²) < 4.78 is 0. The molecule has 0 aromatic carbocycles. The largest absolute Gasteiger partial charge is 0.481 e. The van der Waals surface area contributed by atoms with Crippen molar-refractivity contribution < 1.29 is 19.5 Å². The van der Waals surface area contributed by atoms with Gasteiger partial charge in [0.25, 0.3) is 0 Å². The van der Waals surface area contributed by atoms with Crippen molar-refractivity contribution in [3.8, 4) is 0 Å². The number of amides is 2. The van der Waals surface area contributed by atoms with Gasteiger partial charge in [-0.25, -0.2) is 0 Å². The zero-order valence-corrected chi connectivity index (χ0v) is 11.6. The van der Waals surface area contributed by atoms with E-state index < -0.39 is 11.4 Å². The summed E-state index contributed by atoms with van der Waals surface area (Å²) in [6, 6.07) is 0. The number of aliphatic carboxylic acids is 1. The third kappa shape index (κ3) is 4.89. The normalized spacial score (nSPS) is 16.9. The topological polar surface area (TPSA) is 86.7 Å². The molecule has 1 rings (SSSR count). The fourth-order valence-electron chi connectivity index (χ4n) is 1.83. The second-order valence-corrected chi connectivity index (χ2v) is 5.59. The SMILES string of the molecule is CC(C)(CNC(=O)CN1CCCCCC1=O)C(=O)O. The number of carbonyl (C=O) groups excluding carboxylic acids is 2. The third-order valence-electron chi connectivity index (χ3n) is 3.31. The Morgan fingerprint density at radius 2 is 2.00 bits per heavy atom. The van der Waals surface area contributed by atoms with E-state index in [-0.39, 0.29) is 24.9 Å². The second kappa shape index (κ2) is 6.54. The van der Waals surface area contributed by atoms with Crippen LogP contribution in [0, 0.1) is 5.41 Å². The maximum absolute atomic E-state index is 11.7. The van der Waals surface area contributed by atoms with Crippen molar-refractivity contribution in [2.75, 3.05) is 19.6 Å². The highest BCUT2D eigenvalue weighted by atomic mass is 16.4. The molecule has 0 aliphatic carbocycles. The minimum Gasteiger partial charge on any atom is -0.481 e. The number of carboxylic acid groups (broad SMARTS) is 1. The van der Waals surface area contributed by atoms with Crippen molar-refractivity contribution in [1.82, 2.24) is 10.2 Å². The maximum Gasteiger partial charge on any atom is 0.310 e. The van der Waals surface area contributed by atoms with Crippen LogP contribution < -0.4 is 5.32 Å². The van der Waals surface area contributed by atoms with Gasteiger partial charge in [0.1, 0.15) is 0 Å². The molecule has 1 aliphatic heterocycles. The van der Waals surface area contributed by atoms with Gasteiger partial charge in [0, 0.05) is 19.5 Å². The first kappa shape index (κ1) is 15.5. The van der Waals surface area contributed by atoms with Crippen molar-refractivity contribution in [1.29, 1.82) is 0 Å². The lowest BCUT2D eigenvalue weighted by atomic mass is 9.94. The van der Waals surface area contributed by atoms with Crippen LogP contribution in [0.4, 0.5) is 0 Å². The van der Waals surface area contributed by atoms with E-state index in [0.29, 0.717) is 13.0 Å². The molecule has 0 aromatic heterocycles. The van der Waals surface area contributed by atoms with Gasteiger partial charge in [0.15, 0.2) is 0 Å². The fourth-order valence-corrected chi connectivity index (χ4v) is 1.83. The van der Waals surface area contributed by atoms with Gasteiger partial charge in [-0.05, 0) is 26.7 Å². The number of carbonyl (C=O) groups is 3. The van der Waals surface area contributed by atoms with E-state index in [1.54, 1.807) is 18.7 Å². The Labute approximate surface area is 113 Å². The van der Waals surface area contributed by atoms with Crippen molar-refractivity contribution >= 4 is 17.8 Å². The van der Waals surface area contributed by atoms with Crippen LogP contribution in [0.5, 0.6) is 0 Å². The first-order chi connectivity index (χ1) is 8.83. The fraction of sp³-hybridized carbons (Fsp3) is 0.769. The van der Waals surface area contributed by atoms with Crippen molar-refractivity contribution in [2.45, 2.75) is 39.5 Å². The Kier molecular flexibility index (Phi) is 5.32. The summed E-state index contributed by atoms with van der Waals surface area (Å²) in [7, 11) is 0. The van der Waals surface area contributed by atoms with Gasteiger partial charge in [-0.3, -0.25) is 14.4 Å². The minimum atomic E-state index is -1.00. The van der Waals surface area contributed by atoms with Crippen LogP contribution in [0.2, 0.25) is 0 Å². The molecule has 6 heteroatoms. The maximum atomic E-state index is 11.7. The first-order valence-electron chi connectivity index (χ1n) is 6.61. The Morgan fingerprint density at radius 1 is 1.32 bits per heavy atom. The van der Waals surface area contributed by atoms with Crippen LogP contribution in [0.1, 0.15) is 39.5 Å². The van der Waals surface area contributed by atoms with E-state index >= 15 is 0 Å². The molecule has 0 saturated carbocycles. The van der Waals surface area contributed by atoms with E-state index in [2.05, 4.69) is 5.32 Å². The number of hydrogen-bond acceptors (Lipinski definition) is 3. The molecule has 6 nitrogen and oxygen atoms in total. The summed E-state index contributed by atoms with van der Waals surface area (Å²) in [6.45, 7) is 3.78.